The van der Waals surface area contributed by atoms with Crippen LogP contribution in [0.4, 0.5) is 0 Å². The summed E-state index contributed by atoms with van der Waals surface area (Å²) in [7, 11) is -1.92. The van der Waals surface area contributed by atoms with E-state index in [1.54, 1.807) is 48.4 Å². The molecule has 0 unspecified atom stereocenters. The van der Waals surface area contributed by atoms with Crippen LogP contribution in [0.3, 0.4) is 0 Å². The van der Waals surface area contributed by atoms with Gasteiger partial charge in [-0.3, -0.25) is 9.59 Å². The van der Waals surface area contributed by atoms with Crippen molar-refractivity contribution in [3.8, 4) is 5.75 Å². The summed E-state index contributed by atoms with van der Waals surface area (Å²) in [6, 6.07) is 30.4. The summed E-state index contributed by atoms with van der Waals surface area (Å²) in [4.78, 5) is 29.9. The molecule has 8 nitrogen and oxygen atoms in total. The van der Waals surface area contributed by atoms with Crippen LogP contribution >= 0.6 is 11.6 Å². The number of nitrogens with zero attached hydrogens (tertiary/aromatic N) is 2. The number of amides is 2. The van der Waals surface area contributed by atoms with E-state index in [1.165, 1.54) is 4.31 Å². The second-order valence-electron chi connectivity index (χ2n) is 11.7. The summed E-state index contributed by atoms with van der Waals surface area (Å²) in [5, 5.41) is 3.63. The topological polar surface area (TPSA) is 96.0 Å². The molecular formula is C37H40ClN3O5S. The molecule has 10 heteroatoms. The highest BCUT2D eigenvalue weighted by Gasteiger charge is 2.31. The van der Waals surface area contributed by atoms with Crippen molar-refractivity contribution >= 4 is 33.4 Å². The average molecular weight is 674 g/mol. The summed E-state index contributed by atoms with van der Waals surface area (Å²) in [6.45, 7) is 1.60. The average Bonchev–Trinajstić information content (AvgIpc) is 3.66. The molecule has 0 spiro atoms. The molecule has 1 saturated heterocycles. The Bertz CT molecular complexity index is 1730. The minimum Gasteiger partial charge on any atom is -0.497 e. The van der Waals surface area contributed by atoms with Gasteiger partial charge in [0.05, 0.1) is 12.0 Å². The third kappa shape index (κ3) is 9.22. The molecule has 0 aliphatic carbocycles. The zero-order valence-electron chi connectivity index (χ0n) is 26.5. The van der Waals surface area contributed by atoms with Gasteiger partial charge < -0.3 is 15.0 Å². The first kappa shape index (κ1) is 34.2. The number of ether oxygens (including phenoxy) is 1. The maximum absolute atomic E-state index is 14.1. The Morgan fingerprint density at radius 2 is 1.45 bits per heavy atom. The number of hydrogen-bond donors (Lipinski definition) is 1. The number of hydrogen-bond acceptors (Lipinski definition) is 5. The number of methoxy groups -OCH3 is 1. The van der Waals surface area contributed by atoms with Gasteiger partial charge in [-0.25, -0.2) is 8.42 Å². The molecule has 4 aromatic carbocycles. The fourth-order valence-corrected chi connectivity index (χ4v) is 7.33. The van der Waals surface area contributed by atoms with Crippen molar-refractivity contribution < 1.29 is 22.7 Å². The van der Waals surface area contributed by atoms with E-state index in [4.69, 9.17) is 16.3 Å². The molecule has 1 aliphatic rings. The molecule has 2 amide bonds. The van der Waals surface area contributed by atoms with Gasteiger partial charge in [-0.2, -0.15) is 4.31 Å². The second-order valence-corrected chi connectivity index (χ2v) is 14.0. The monoisotopic (exact) mass is 673 g/mol. The molecule has 1 atom stereocenters. The third-order valence-electron chi connectivity index (χ3n) is 8.42. The van der Waals surface area contributed by atoms with Gasteiger partial charge in [-0.15, -0.1) is 0 Å². The minimum absolute atomic E-state index is 0.142. The molecule has 0 saturated carbocycles. The maximum atomic E-state index is 14.1. The quantitative estimate of drug-likeness (QED) is 0.177. The van der Waals surface area contributed by atoms with E-state index in [0.717, 1.165) is 40.8 Å². The molecule has 47 heavy (non-hydrogen) atoms. The molecule has 5 rings (SSSR count). The van der Waals surface area contributed by atoms with Crippen molar-refractivity contribution in [2.24, 2.45) is 0 Å². The smallest absolute Gasteiger partial charge is 0.243 e. The molecule has 0 aromatic heterocycles. The van der Waals surface area contributed by atoms with Crippen LogP contribution in [0.25, 0.3) is 0 Å². The molecule has 1 heterocycles. The highest BCUT2D eigenvalue weighted by atomic mass is 35.5. The van der Waals surface area contributed by atoms with Crippen molar-refractivity contribution in [3.05, 3.63) is 130 Å². The molecule has 1 fully saturated rings. The molecule has 0 bridgehead atoms. The van der Waals surface area contributed by atoms with Crippen molar-refractivity contribution in [2.75, 3.05) is 20.2 Å². The van der Waals surface area contributed by atoms with E-state index >= 15 is 0 Å². The van der Waals surface area contributed by atoms with E-state index < -0.39 is 16.1 Å². The number of benzene rings is 4. The molecule has 4 aromatic rings. The molecule has 246 valence electrons. The van der Waals surface area contributed by atoms with Crippen molar-refractivity contribution in [3.63, 3.8) is 0 Å². The standard InChI is InChI=1S/C37H40ClN3O5S/c1-46-33-18-11-30(12-19-33)26-39-37(43)35(25-29-7-3-2-4-8-29)41(27-31-9-16-32(38)17-10-31)36(42)22-15-28-13-20-34(21-14-28)47(44,45)40-23-5-6-24-40/h2-4,7-14,16-21,35H,5-6,15,22-27H2,1H3,(H,39,43)/t35-/m0/s1. The molecular weight excluding hydrogens is 634 g/mol. The highest BCUT2D eigenvalue weighted by molar-refractivity contribution is 7.89. The van der Waals surface area contributed by atoms with Crippen LogP contribution in [0.15, 0.2) is 108 Å². The van der Waals surface area contributed by atoms with Crippen molar-refractivity contribution in [1.82, 2.24) is 14.5 Å². The molecule has 1 aliphatic heterocycles. The largest absolute Gasteiger partial charge is 0.497 e. The maximum Gasteiger partial charge on any atom is 0.243 e. The molecule has 0 radical (unpaired) electrons. The number of nitrogens with one attached hydrogen (secondary N) is 1. The summed E-state index contributed by atoms with van der Waals surface area (Å²) in [5.41, 5.74) is 3.53. The first-order chi connectivity index (χ1) is 22.7. The van der Waals surface area contributed by atoms with Gasteiger partial charge in [0.2, 0.25) is 21.8 Å². The van der Waals surface area contributed by atoms with Crippen LogP contribution in [0, 0.1) is 0 Å². The van der Waals surface area contributed by atoms with E-state index in [9.17, 15) is 18.0 Å². The lowest BCUT2D eigenvalue weighted by Crippen LogP contribution is -2.50. The van der Waals surface area contributed by atoms with Gasteiger partial charge >= 0.3 is 0 Å². The normalized spacial score (nSPS) is 14.0. The van der Waals surface area contributed by atoms with Crippen LogP contribution in [-0.4, -0.2) is 55.7 Å². The Hall–Kier alpha value is -4.18. The zero-order chi connectivity index (χ0) is 33.2. The third-order valence-corrected chi connectivity index (χ3v) is 10.6. The van der Waals surface area contributed by atoms with E-state index in [2.05, 4.69) is 5.32 Å². The number of aryl methyl sites for hydroxylation is 1. The number of rotatable bonds is 14. The fourth-order valence-electron chi connectivity index (χ4n) is 5.69. The van der Waals surface area contributed by atoms with Crippen LogP contribution in [0.1, 0.15) is 41.5 Å². The predicted octanol–water partition coefficient (Wildman–Crippen LogP) is 6.02. The summed E-state index contributed by atoms with van der Waals surface area (Å²) < 4.78 is 32.7. The van der Waals surface area contributed by atoms with Crippen LogP contribution in [0.5, 0.6) is 5.75 Å². The van der Waals surface area contributed by atoms with Gasteiger partial charge in [-0.1, -0.05) is 78.3 Å². The Kier molecular flexibility index (Phi) is 11.7. The predicted molar refractivity (Wildman–Crippen MR) is 184 cm³/mol. The fraction of sp³-hybridized carbons (Fsp3) is 0.297. The van der Waals surface area contributed by atoms with Gasteiger partial charge in [0, 0.05) is 44.0 Å². The minimum atomic E-state index is -3.52. The van der Waals surface area contributed by atoms with Crippen LogP contribution < -0.4 is 10.1 Å². The van der Waals surface area contributed by atoms with Gasteiger partial charge in [0.1, 0.15) is 11.8 Å². The number of carbonyl (C=O) groups is 2. The van der Waals surface area contributed by atoms with Crippen molar-refractivity contribution in [2.45, 2.75) is 56.1 Å². The van der Waals surface area contributed by atoms with E-state index in [0.29, 0.717) is 37.5 Å². The highest BCUT2D eigenvalue weighted by Crippen LogP contribution is 2.23. The number of carbonyl (C=O) groups excluding carboxylic acids is 2. The van der Waals surface area contributed by atoms with Gasteiger partial charge in [0.25, 0.3) is 0 Å². The summed E-state index contributed by atoms with van der Waals surface area (Å²) in [6.07, 6.45) is 2.61. The lowest BCUT2D eigenvalue weighted by molar-refractivity contribution is -0.141. The van der Waals surface area contributed by atoms with E-state index in [1.807, 2.05) is 66.7 Å². The summed E-state index contributed by atoms with van der Waals surface area (Å²) in [5.74, 6) is 0.280. The van der Waals surface area contributed by atoms with Gasteiger partial charge in [0.15, 0.2) is 0 Å². The number of halogens is 1. The second kappa shape index (κ2) is 16.1. The SMILES string of the molecule is COc1ccc(CNC(=O)[C@H](Cc2ccccc2)N(Cc2ccc(Cl)cc2)C(=O)CCc2ccc(S(=O)(=O)N3CCCC3)cc2)cc1. The van der Waals surface area contributed by atoms with Crippen molar-refractivity contribution in [1.29, 1.82) is 0 Å². The number of sulfonamides is 1. The zero-order valence-corrected chi connectivity index (χ0v) is 28.1. The molecule has 1 N–H and O–H groups in total. The van der Waals surface area contributed by atoms with E-state index in [-0.39, 0.29) is 29.7 Å². The first-order valence-electron chi connectivity index (χ1n) is 15.8. The summed E-state index contributed by atoms with van der Waals surface area (Å²) >= 11 is 6.15. The first-order valence-corrected chi connectivity index (χ1v) is 17.6. The Morgan fingerprint density at radius 1 is 0.830 bits per heavy atom. The van der Waals surface area contributed by atoms with Gasteiger partial charge in [-0.05, 0) is 77.9 Å². The Balaban J connectivity index is 1.36. The lowest BCUT2D eigenvalue weighted by Gasteiger charge is -2.32. The lowest BCUT2D eigenvalue weighted by atomic mass is 10.0. The Labute approximate surface area is 282 Å². The van der Waals surface area contributed by atoms with Crippen LogP contribution in [-0.2, 0) is 45.5 Å². The van der Waals surface area contributed by atoms with Crippen LogP contribution in [0.2, 0.25) is 5.02 Å². The Morgan fingerprint density at radius 3 is 2.09 bits per heavy atom.